The van der Waals surface area contributed by atoms with Gasteiger partial charge in [-0.2, -0.15) is 0 Å². The third-order valence-electron chi connectivity index (χ3n) is 2.97. The van der Waals surface area contributed by atoms with Crippen molar-refractivity contribution in [3.63, 3.8) is 0 Å². The molecule has 0 unspecified atom stereocenters. The highest BCUT2D eigenvalue weighted by Crippen LogP contribution is 2.26. The average Bonchev–Trinajstić information content (AvgIpc) is 2.83. The van der Waals surface area contributed by atoms with Gasteiger partial charge in [0.05, 0.1) is 10.0 Å². The van der Waals surface area contributed by atoms with Gasteiger partial charge < -0.3 is 15.3 Å². The molecule has 5 nitrogen and oxygen atoms in total. The maximum Gasteiger partial charge on any atom is 0.326 e. The van der Waals surface area contributed by atoms with Gasteiger partial charge >= 0.3 is 12.0 Å². The Morgan fingerprint density at radius 1 is 1.32 bits per heavy atom. The van der Waals surface area contributed by atoms with E-state index in [4.69, 9.17) is 28.3 Å². The van der Waals surface area contributed by atoms with Crippen LogP contribution in [0.5, 0.6) is 0 Å². The minimum atomic E-state index is -0.984. The molecule has 0 aromatic heterocycles. The van der Waals surface area contributed by atoms with Gasteiger partial charge in [-0.15, -0.1) is 0 Å². The van der Waals surface area contributed by atoms with E-state index in [9.17, 15) is 9.59 Å². The summed E-state index contributed by atoms with van der Waals surface area (Å²) in [5.41, 5.74) is 0.482. The molecule has 0 saturated carbocycles. The maximum absolute atomic E-state index is 12.0. The SMILES string of the molecule is O=C(O)[C@H]1CCCN1C(=O)Nc1ccc(Cl)c(Cl)c1. The van der Waals surface area contributed by atoms with Gasteiger partial charge in [0.15, 0.2) is 0 Å². The summed E-state index contributed by atoms with van der Waals surface area (Å²) in [6, 6.07) is 3.50. The van der Waals surface area contributed by atoms with E-state index in [1.807, 2.05) is 0 Å². The second kappa shape index (κ2) is 5.67. The Morgan fingerprint density at radius 3 is 2.68 bits per heavy atom. The number of benzene rings is 1. The van der Waals surface area contributed by atoms with Gasteiger partial charge in [0.1, 0.15) is 6.04 Å². The summed E-state index contributed by atoms with van der Waals surface area (Å²) in [4.78, 5) is 24.3. The van der Waals surface area contributed by atoms with Crippen molar-refractivity contribution in [2.24, 2.45) is 0 Å². The molecule has 2 rings (SSSR count). The molecule has 2 N–H and O–H groups in total. The van der Waals surface area contributed by atoms with E-state index in [1.165, 1.54) is 11.0 Å². The second-order valence-corrected chi connectivity index (χ2v) is 5.06. The maximum atomic E-state index is 12.0. The number of hydrogen-bond donors (Lipinski definition) is 2. The van der Waals surface area contributed by atoms with Crippen LogP contribution in [0.2, 0.25) is 10.0 Å². The van der Waals surface area contributed by atoms with Crippen LogP contribution in [0.4, 0.5) is 10.5 Å². The fraction of sp³-hybridized carbons (Fsp3) is 0.333. The summed E-state index contributed by atoms with van der Waals surface area (Å²) in [7, 11) is 0. The highest BCUT2D eigenvalue weighted by molar-refractivity contribution is 6.42. The van der Waals surface area contributed by atoms with Crippen molar-refractivity contribution in [3.05, 3.63) is 28.2 Å². The number of rotatable bonds is 2. The Labute approximate surface area is 120 Å². The molecular formula is C12H12Cl2N2O3. The van der Waals surface area contributed by atoms with Crippen LogP contribution in [0.25, 0.3) is 0 Å². The number of carbonyl (C=O) groups excluding carboxylic acids is 1. The average molecular weight is 303 g/mol. The summed E-state index contributed by atoms with van der Waals surface area (Å²) in [5.74, 6) is -0.984. The molecule has 0 radical (unpaired) electrons. The van der Waals surface area contributed by atoms with Gasteiger partial charge in [0, 0.05) is 12.2 Å². The van der Waals surface area contributed by atoms with Crippen molar-refractivity contribution in [1.29, 1.82) is 0 Å². The van der Waals surface area contributed by atoms with Crippen molar-refractivity contribution in [3.8, 4) is 0 Å². The fourth-order valence-corrected chi connectivity index (χ4v) is 2.33. The Bertz CT molecular complexity index is 522. The summed E-state index contributed by atoms with van der Waals surface area (Å²) in [6.45, 7) is 0.435. The minimum Gasteiger partial charge on any atom is -0.480 e. The van der Waals surface area contributed by atoms with Crippen molar-refractivity contribution < 1.29 is 14.7 Å². The molecular weight excluding hydrogens is 291 g/mol. The summed E-state index contributed by atoms with van der Waals surface area (Å²) < 4.78 is 0. The van der Waals surface area contributed by atoms with Gasteiger partial charge in [0.25, 0.3) is 0 Å². The molecule has 1 atom stereocenters. The molecule has 0 aliphatic carbocycles. The van der Waals surface area contributed by atoms with Gasteiger partial charge in [-0.25, -0.2) is 9.59 Å². The highest BCUT2D eigenvalue weighted by Gasteiger charge is 2.33. The Morgan fingerprint density at radius 2 is 2.05 bits per heavy atom. The van der Waals surface area contributed by atoms with Crippen molar-refractivity contribution in [2.45, 2.75) is 18.9 Å². The first kappa shape index (κ1) is 14.0. The number of halogens is 2. The molecule has 1 aromatic rings. The number of carboxylic acid groups (broad SMARTS) is 1. The molecule has 1 fully saturated rings. The zero-order valence-electron chi connectivity index (χ0n) is 9.90. The number of anilines is 1. The smallest absolute Gasteiger partial charge is 0.326 e. The third-order valence-corrected chi connectivity index (χ3v) is 3.71. The summed E-state index contributed by atoms with van der Waals surface area (Å²) in [6.07, 6.45) is 1.16. The first-order valence-electron chi connectivity index (χ1n) is 5.74. The normalized spacial score (nSPS) is 18.4. The van der Waals surface area contributed by atoms with E-state index in [0.717, 1.165) is 0 Å². The first-order chi connectivity index (χ1) is 8.99. The van der Waals surface area contributed by atoms with Crippen molar-refractivity contribution in [2.75, 3.05) is 11.9 Å². The van der Waals surface area contributed by atoms with Crippen LogP contribution in [-0.4, -0.2) is 34.6 Å². The summed E-state index contributed by atoms with van der Waals surface area (Å²) >= 11 is 11.6. The van der Waals surface area contributed by atoms with Crippen LogP contribution < -0.4 is 5.32 Å². The first-order valence-corrected chi connectivity index (χ1v) is 6.50. The number of carboxylic acids is 1. The molecule has 1 heterocycles. The Kier molecular flexibility index (Phi) is 4.17. The van der Waals surface area contributed by atoms with Gasteiger partial charge in [-0.05, 0) is 31.0 Å². The second-order valence-electron chi connectivity index (χ2n) is 4.25. The third kappa shape index (κ3) is 3.11. The molecule has 1 aromatic carbocycles. The number of carbonyl (C=O) groups is 2. The number of amides is 2. The molecule has 1 aliphatic heterocycles. The van der Waals surface area contributed by atoms with E-state index in [1.54, 1.807) is 12.1 Å². The molecule has 2 amide bonds. The fourth-order valence-electron chi connectivity index (χ4n) is 2.04. The molecule has 0 spiro atoms. The Balaban J connectivity index is 2.08. The van der Waals surface area contributed by atoms with E-state index < -0.39 is 18.0 Å². The van der Waals surface area contributed by atoms with Crippen LogP contribution in [0.1, 0.15) is 12.8 Å². The zero-order valence-corrected chi connectivity index (χ0v) is 11.4. The zero-order chi connectivity index (χ0) is 14.0. The van der Waals surface area contributed by atoms with E-state index in [-0.39, 0.29) is 0 Å². The Hall–Kier alpha value is -1.46. The van der Waals surface area contributed by atoms with Gasteiger partial charge in [0.2, 0.25) is 0 Å². The minimum absolute atomic E-state index is 0.329. The lowest BCUT2D eigenvalue weighted by molar-refractivity contribution is -0.141. The highest BCUT2D eigenvalue weighted by atomic mass is 35.5. The van der Waals surface area contributed by atoms with Gasteiger partial charge in [-0.1, -0.05) is 23.2 Å². The number of nitrogens with one attached hydrogen (secondary N) is 1. The standard InChI is InChI=1S/C12H12Cl2N2O3/c13-8-4-3-7(6-9(8)14)15-12(19)16-5-1-2-10(16)11(17)18/h3-4,6,10H,1-2,5H2,(H,15,19)(H,17,18)/t10-/m1/s1. The van der Waals surface area contributed by atoms with Crippen molar-refractivity contribution in [1.82, 2.24) is 4.90 Å². The molecule has 1 saturated heterocycles. The van der Waals surface area contributed by atoms with E-state index in [2.05, 4.69) is 5.32 Å². The van der Waals surface area contributed by atoms with Crippen LogP contribution >= 0.6 is 23.2 Å². The number of nitrogens with zero attached hydrogens (tertiary/aromatic N) is 1. The molecule has 7 heteroatoms. The van der Waals surface area contributed by atoms with Crippen LogP contribution in [-0.2, 0) is 4.79 Å². The van der Waals surface area contributed by atoms with Crippen molar-refractivity contribution >= 4 is 40.9 Å². The lowest BCUT2D eigenvalue weighted by atomic mass is 10.2. The summed E-state index contributed by atoms with van der Waals surface area (Å²) in [5, 5.41) is 12.4. The lowest BCUT2D eigenvalue weighted by Gasteiger charge is -2.21. The number of likely N-dealkylation sites (tertiary alicyclic amines) is 1. The van der Waals surface area contributed by atoms with E-state index in [0.29, 0.717) is 35.1 Å². The van der Waals surface area contributed by atoms with Crippen LogP contribution in [0.15, 0.2) is 18.2 Å². The topological polar surface area (TPSA) is 69.6 Å². The van der Waals surface area contributed by atoms with Crippen LogP contribution in [0, 0.1) is 0 Å². The van der Waals surface area contributed by atoms with E-state index >= 15 is 0 Å². The predicted molar refractivity (Wildman–Crippen MR) is 72.8 cm³/mol. The quantitative estimate of drug-likeness (QED) is 0.882. The molecule has 102 valence electrons. The molecule has 19 heavy (non-hydrogen) atoms. The molecule has 0 bridgehead atoms. The lowest BCUT2D eigenvalue weighted by Crippen LogP contribution is -2.42. The predicted octanol–water partition coefficient (Wildman–Crippen LogP) is 3.07. The largest absolute Gasteiger partial charge is 0.480 e. The van der Waals surface area contributed by atoms with Gasteiger partial charge in [-0.3, -0.25) is 0 Å². The van der Waals surface area contributed by atoms with Crippen LogP contribution in [0.3, 0.4) is 0 Å². The number of aliphatic carboxylic acids is 1. The monoisotopic (exact) mass is 302 g/mol. The molecule has 1 aliphatic rings. The number of hydrogen-bond acceptors (Lipinski definition) is 2. The number of urea groups is 1.